The van der Waals surface area contributed by atoms with Gasteiger partial charge in [-0.05, 0) is 45.0 Å². The minimum atomic E-state index is -0.498. The van der Waals surface area contributed by atoms with E-state index in [-0.39, 0.29) is 5.91 Å². The molecule has 1 aliphatic rings. The predicted octanol–water partition coefficient (Wildman–Crippen LogP) is 2.44. The lowest BCUT2D eigenvalue weighted by molar-refractivity contribution is -0.138. The van der Waals surface area contributed by atoms with Crippen LogP contribution in [0.3, 0.4) is 0 Å². The second kappa shape index (κ2) is 9.39. The first-order valence-corrected chi connectivity index (χ1v) is 9.96. The molecule has 150 valence electrons. The lowest BCUT2D eigenvalue weighted by atomic mass is 10.2. The number of para-hydroxylation sites is 1. The van der Waals surface area contributed by atoms with Crippen molar-refractivity contribution in [2.45, 2.75) is 26.9 Å². The monoisotopic (exact) mass is 383 g/mol. The first kappa shape index (κ1) is 19.9. The molecule has 1 amide bonds. The largest absolute Gasteiger partial charge is 0.481 e. The molecular formula is C21H29N5O2. The van der Waals surface area contributed by atoms with Crippen LogP contribution >= 0.6 is 0 Å². The van der Waals surface area contributed by atoms with E-state index in [1.165, 1.54) is 0 Å². The van der Waals surface area contributed by atoms with E-state index in [4.69, 9.17) is 4.74 Å². The van der Waals surface area contributed by atoms with Crippen molar-refractivity contribution in [3.63, 3.8) is 0 Å². The fourth-order valence-corrected chi connectivity index (χ4v) is 3.37. The summed E-state index contributed by atoms with van der Waals surface area (Å²) in [5.74, 6) is 2.49. The Morgan fingerprint density at radius 2 is 1.71 bits per heavy atom. The van der Waals surface area contributed by atoms with E-state index in [1.54, 1.807) is 6.92 Å². The molecule has 0 spiro atoms. The Balaban J connectivity index is 1.53. The van der Waals surface area contributed by atoms with Crippen LogP contribution in [0.15, 0.2) is 42.5 Å². The molecule has 1 aromatic carbocycles. The molecule has 3 rings (SSSR count). The van der Waals surface area contributed by atoms with E-state index in [9.17, 15) is 4.79 Å². The third kappa shape index (κ3) is 4.71. The van der Waals surface area contributed by atoms with Gasteiger partial charge in [-0.3, -0.25) is 4.79 Å². The van der Waals surface area contributed by atoms with E-state index in [1.807, 2.05) is 47.4 Å². The molecule has 7 nitrogen and oxygen atoms in total. The van der Waals surface area contributed by atoms with Gasteiger partial charge < -0.3 is 19.4 Å². The number of nitrogens with zero attached hydrogens (tertiary/aromatic N) is 5. The van der Waals surface area contributed by atoms with Crippen molar-refractivity contribution < 1.29 is 9.53 Å². The summed E-state index contributed by atoms with van der Waals surface area (Å²) in [7, 11) is 0. The Kier molecular flexibility index (Phi) is 6.68. The van der Waals surface area contributed by atoms with Gasteiger partial charge >= 0.3 is 0 Å². The summed E-state index contributed by atoms with van der Waals surface area (Å²) in [5, 5.41) is 8.74. The third-order valence-electron chi connectivity index (χ3n) is 5.04. The zero-order valence-electron chi connectivity index (χ0n) is 16.9. The SMILES string of the molecule is CCN(CC)c1ccc(N2CCN(C(=O)C(C)Oc3ccccc3)CC2)nn1. The molecule has 1 unspecified atom stereocenters. The number of anilines is 2. The highest BCUT2D eigenvalue weighted by atomic mass is 16.5. The number of piperazine rings is 1. The molecule has 0 saturated carbocycles. The normalized spacial score (nSPS) is 15.2. The minimum Gasteiger partial charge on any atom is -0.481 e. The van der Waals surface area contributed by atoms with Crippen LogP contribution in [-0.4, -0.2) is 66.4 Å². The van der Waals surface area contributed by atoms with Gasteiger partial charge in [-0.15, -0.1) is 10.2 Å². The Morgan fingerprint density at radius 3 is 2.29 bits per heavy atom. The van der Waals surface area contributed by atoms with Gasteiger partial charge in [-0.2, -0.15) is 0 Å². The summed E-state index contributed by atoms with van der Waals surface area (Å²) in [6.07, 6.45) is -0.498. The van der Waals surface area contributed by atoms with E-state index < -0.39 is 6.10 Å². The molecule has 7 heteroatoms. The molecule has 1 aromatic heterocycles. The second-order valence-corrected chi connectivity index (χ2v) is 6.81. The van der Waals surface area contributed by atoms with Crippen molar-refractivity contribution in [3.05, 3.63) is 42.5 Å². The van der Waals surface area contributed by atoms with Gasteiger partial charge in [0.15, 0.2) is 17.7 Å². The Bertz CT molecular complexity index is 741. The zero-order chi connectivity index (χ0) is 19.9. The summed E-state index contributed by atoms with van der Waals surface area (Å²) >= 11 is 0. The molecule has 0 N–H and O–H groups in total. The maximum atomic E-state index is 12.7. The third-order valence-corrected chi connectivity index (χ3v) is 5.04. The van der Waals surface area contributed by atoms with Gasteiger partial charge in [0.25, 0.3) is 5.91 Å². The van der Waals surface area contributed by atoms with Crippen LogP contribution in [-0.2, 0) is 4.79 Å². The standard InChI is InChI=1S/C21H29N5O2/c1-4-24(5-2)19-11-12-20(23-22-19)25-13-15-26(16-14-25)21(27)17(3)28-18-9-7-6-8-10-18/h6-12,17H,4-5,13-16H2,1-3H3. The van der Waals surface area contributed by atoms with Gasteiger partial charge in [-0.1, -0.05) is 18.2 Å². The fraction of sp³-hybridized carbons (Fsp3) is 0.476. The zero-order valence-corrected chi connectivity index (χ0v) is 16.9. The number of aromatic nitrogens is 2. The summed E-state index contributed by atoms with van der Waals surface area (Å²) in [5.41, 5.74) is 0. The molecule has 1 saturated heterocycles. The average Bonchev–Trinajstić information content (AvgIpc) is 2.75. The molecule has 2 heterocycles. The highest BCUT2D eigenvalue weighted by molar-refractivity contribution is 5.81. The van der Waals surface area contributed by atoms with Crippen molar-refractivity contribution in [1.29, 1.82) is 0 Å². The summed E-state index contributed by atoms with van der Waals surface area (Å²) in [6, 6.07) is 13.5. The smallest absolute Gasteiger partial charge is 0.263 e. The molecule has 28 heavy (non-hydrogen) atoms. The minimum absolute atomic E-state index is 0.0199. The molecular weight excluding hydrogens is 354 g/mol. The lowest BCUT2D eigenvalue weighted by Crippen LogP contribution is -2.52. The molecule has 1 fully saturated rings. The number of amides is 1. The molecule has 2 aromatic rings. The number of ether oxygens (including phenoxy) is 1. The van der Waals surface area contributed by atoms with Crippen molar-refractivity contribution in [1.82, 2.24) is 15.1 Å². The van der Waals surface area contributed by atoms with Crippen molar-refractivity contribution in [2.75, 3.05) is 49.1 Å². The molecule has 1 atom stereocenters. The molecule has 1 aliphatic heterocycles. The number of carbonyl (C=O) groups excluding carboxylic acids is 1. The Hall–Kier alpha value is -2.83. The predicted molar refractivity (Wildman–Crippen MR) is 111 cm³/mol. The van der Waals surface area contributed by atoms with Crippen LogP contribution in [0.5, 0.6) is 5.75 Å². The summed E-state index contributed by atoms with van der Waals surface area (Å²) < 4.78 is 5.77. The Morgan fingerprint density at radius 1 is 1.04 bits per heavy atom. The summed E-state index contributed by atoms with van der Waals surface area (Å²) in [6.45, 7) is 10.6. The molecule has 0 aliphatic carbocycles. The second-order valence-electron chi connectivity index (χ2n) is 6.81. The molecule has 0 radical (unpaired) electrons. The maximum absolute atomic E-state index is 12.7. The van der Waals surface area contributed by atoms with Crippen LogP contribution in [0, 0.1) is 0 Å². The van der Waals surface area contributed by atoms with Crippen molar-refractivity contribution in [3.8, 4) is 5.75 Å². The van der Waals surface area contributed by atoms with Crippen LogP contribution in [0.2, 0.25) is 0 Å². The fourth-order valence-electron chi connectivity index (χ4n) is 3.37. The van der Waals surface area contributed by atoms with Crippen molar-refractivity contribution >= 4 is 17.5 Å². The van der Waals surface area contributed by atoms with E-state index in [0.717, 1.165) is 37.8 Å². The van der Waals surface area contributed by atoms with Gasteiger partial charge in [0.1, 0.15) is 5.75 Å². The molecule has 0 bridgehead atoms. The van der Waals surface area contributed by atoms with Gasteiger partial charge in [-0.25, -0.2) is 0 Å². The number of hydrogen-bond acceptors (Lipinski definition) is 6. The van der Waals surface area contributed by atoms with Gasteiger partial charge in [0.2, 0.25) is 0 Å². The number of hydrogen-bond donors (Lipinski definition) is 0. The van der Waals surface area contributed by atoms with E-state index >= 15 is 0 Å². The van der Waals surface area contributed by atoms with E-state index in [0.29, 0.717) is 18.8 Å². The maximum Gasteiger partial charge on any atom is 0.263 e. The number of carbonyl (C=O) groups is 1. The quantitative estimate of drug-likeness (QED) is 0.732. The number of rotatable bonds is 7. The van der Waals surface area contributed by atoms with E-state index in [2.05, 4.69) is 33.8 Å². The lowest BCUT2D eigenvalue weighted by Gasteiger charge is -2.36. The summed E-state index contributed by atoms with van der Waals surface area (Å²) in [4.78, 5) is 18.9. The topological polar surface area (TPSA) is 61.8 Å². The van der Waals surface area contributed by atoms with Crippen LogP contribution in [0.1, 0.15) is 20.8 Å². The van der Waals surface area contributed by atoms with Gasteiger partial charge in [0, 0.05) is 39.3 Å². The highest BCUT2D eigenvalue weighted by Crippen LogP contribution is 2.18. The number of benzene rings is 1. The highest BCUT2D eigenvalue weighted by Gasteiger charge is 2.26. The van der Waals surface area contributed by atoms with Crippen molar-refractivity contribution in [2.24, 2.45) is 0 Å². The van der Waals surface area contributed by atoms with Gasteiger partial charge in [0.05, 0.1) is 0 Å². The van der Waals surface area contributed by atoms with Crippen LogP contribution in [0.25, 0.3) is 0 Å². The Labute approximate surface area is 166 Å². The van der Waals surface area contributed by atoms with Crippen LogP contribution < -0.4 is 14.5 Å². The average molecular weight is 383 g/mol. The first-order valence-electron chi connectivity index (χ1n) is 9.96. The first-order chi connectivity index (χ1) is 13.6. The van der Waals surface area contributed by atoms with Crippen LogP contribution in [0.4, 0.5) is 11.6 Å².